The van der Waals surface area contributed by atoms with E-state index in [1.807, 2.05) is 59.5 Å². The Balaban J connectivity index is 0.00000387. The summed E-state index contributed by atoms with van der Waals surface area (Å²) in [5, 5.41) is 0. The highest BCUT2D eigenvalue weighted by Crippen LogP contribution is 2.26. The Morgan fingerprint density at radius 1 is 0.902 bits per heavy atom. The predicted molar refractivity (Wildman–Crippen MR) is 166 cm³/mol. The standard InChI is InChI=1S/C34H41N3O3.ClH/c1-35-25-30(24-33(35)38)34(39)37(31-13-15-32(16-14-31)40-26-29-11-6-3-7-12-29)20-8-19-36-21-17-28(18-22-36)23-27-9-4-2-5-10-27;/h2-7,9-16,28,30H,8,17-26H2,1H3;1H. The molecule has 3 aromatic carbocycles. The SMILES string of the molecule is CN1CC(C(=O)N(CCCN2CCC(Cc3ccccc3)CC2)c2ccc(OCc3ccccc3)cc2)CC1=O.Cl. The molecule has 3 aromatic rings. The van der Waals surface area contributed by atoms with Crippen molar-refractivity contribution in [3.63, 3.8) is 0 Å². The Morgan fingerprint density at radius 2 is 1.54 bits per heavy atom. The number of halogens is 1. The number of hydrogen-bond donors (Lipinski definition) is 0. The van der Waals surface area contributed by atoms with E-state index < -0.39 is 0 Å². The van der Waals surface area contributed by atoms with Gasteiger partial charge in [0.2, 0.25) is 11.8 Å². The number of hydrogen-bond acceptors (Lipinski definition) is 4. The van der Waals surface area contributed by atoms with Crippen LogP contribution in [0, 0.1) is 11.8 Å². The van der Waals surface area contributed by atoms with E-state index in [1.54, 1.807) is 11.9 Å². The highest BCUT2D eigenvalue weighted by molar-refractivity contribution is 5.99. The lowest BCUT2D eigenvalue weighted by atomic mass is 9.90. The lowest BCUT2D eigenvalue weighted by Crippen LogP contribution is -2.40. The Hall–Kier alpha value is -3.35. The second-order valence-electron chi connectivity index (χ2n) is 11.3. The molecule has 0 radical (unpaired) electrons. The van der Waals surface area contributed by atoms with Crippen molar-refractivity contribution >= 4 is 29.9 Å². The number of ether oxygens (including phenoxy) is 1. The maximum atomic E-state index is 13.6. The van der Waals surface area contributed by atoms with Gasteiger partial charge in [-0.15, -0.1) is 12.4 Å². The van der Waals surface area contributed by atoms with Gasteiger partial charge in [0.1, 0.15) is 12.4 Å². The summed E-state index contributed by atoms with van der Waals surface area (Å²) in [5.41, 5.74) is 3.41. The average Bonchev–Trinajstić information content (AvgIpc) is 3.34. The van der Waals surface area contributed by atoms with Crippen LogP contribution in [0.4, 0.5) is 5.69 Å². The molecule has 41 heavy (non-hydrogen) atoms. The number of likely N-dealkylation sites (tertiary alicyclic amines) is 2. The third kappa shape index (κ3) is 8.57. The summed E-state index contributed by atoms with van der Waals surface area (Å²) in [6.45, 7) is 4.83. The van der Waals surface area contributed by atoms with E-state index >= 15 is 0 Å². The van der Waals surface area contributed by atoms with Crippen LogP contribution >= 0.6 is 12.4 Å². The van der Waals surface area contributed by atoms with Crippen LogP contribution in [0.1, 0.15) is 36.8 Å². The van der Waals surface area contributed by atoms with Crippen molar-refractivity contribution in [1.82, 2.24) is 9.80 Å². The maximum Gasteiger partial charge on any atom is 0.232 e. The van der Waals surface area contributed by atoms with Crippen molar-refractivity contribution in [2.45, 2.75) is 38.7 Å². The fraction of sp³-hybridized carbons (Fsp3) is 0.412. The number of rotatable bonds is 11. The smallest absolute Gasteiger partial charge is 0.232 e. The molecule has 0 spiro atoms. The topological polar surface area (TPSA) is 53.1 Å². The van der Waals surface area contributed by atoms with Gasteiger partial charge in [-0.2, -0.15) is 0 Å². The van der Waals surface area contributed by atoms with Gasteiger partial charge in [-0.3, -0.25) is 9.59 Å². The molecule has 2 heterocycles. The summed E-state index contributed by atoms with van der Waals surface area (Å²) in [4.78, 5) is 31.9. The summed E-state index contributed by atoms with van der Waals surface area (Å²) in [7, 11) is 1.78. The van der Waals surface area contributed by atoms with E-state index in [0.29, 0.717) is 26.1 Å². The molecule has 218 valence electrons. The number of carbonyl (C=O) groups excluding carboxylic acids is 2. The van der Waals surface area contributed by atoms with Crippen LogP contribution < -0.4 is 9.64 Å². The van der Waals surface area contributed by atoms with Gasteiger partial charge < -0.3 is 19.4 Å². The van der Waals surface area contributed by atoms with Crippen molar-refractivity contribution < 1.29 is 14.3 Å². The van der Waals surface area contributed by atoms with Crippen LogP contribution in [-0.2, 0) is 22.6 Å². The Bertz CT molecular complexity index is 1230. The van der Waals surface area contributed by atoms with Crippen molar-refractivity contribution in [2.24, 2.45) is 11.8 Å². The minimum atomic E-state index is -0.291. The highest BCUT2D eigenvalue weighted by atomic mass is 35.5. The van der Waals surface area contributed by atoms with E-state index in [-0.39, 0.29) is 30.1 Å². The second-order valence-corrected chi connectivity index (χ2v) is 11.3. The number of carbonyl (C=O) groups is 2. The average molecular weight is 576 g/mol. The normalized spacial score (nSPS) is 17.7. The third-order valence-electron chi connectivity index (χ3n) is 8.28. The first kappa shape index (κ1) is 30.6. The molecular formula is C34H42ClN3O3. The number of benzene rings is 3. The minimum absolute atomic E-state index is 0. The molecule has 6 nitrogen and oxygen atoms in total. The largest absolute Gasteiger partial charge is 0.489 e. The van der Waals surface area contributed by atoms with E-state index in [2.05, 4.69) is 35.2 Å². The van der Waals surface area contributed by atoms with Crippen LogP contribution in [0.15, 0.2) is 84.9 Å². The molecule has 5 rings (SSSR count). The molecule has 2 aliphatic heterocycles. The molecule has 2 saturated heterocycles. The highest BCUT2D eigenvalue weighted by Gasteiger charge is 2.35. The lowest BCUT2D eigenvalue weighted by Gasteiger charge is -2.33. The molecule has 1 atom stereocenters. The van der Waals surface area contributed by atoms with Gasteiger partial charge in [-0.1, -0.05) is 60.7 Å². The molecular weight excluding hydrogens is 534 g/mol. The van der Waals surface area contributed by atoms with Crippen LogP contribution in [0.3, 0.4) is 0 Å². The van der Waals surface area contributed by atoms with Crippen LogP contribution in [0.2, 0.25) is 0 Å². The molecule has 0 aromatic heterocycles. The van der Waals surface area contributed by atoms with Crippen LogP contribution in [-0.4, -0.2) is 61.4 Å². The van der Waals surface area contributed by atoms with Gasteiger partial charge >= 0.3 is 0 Å². The molecule has 1 unspecified atom stereocenters. The second kappa shape index (κ2) is 15.0. The first-order chi connectivity index (χ1) is 19.5. The zero-order valence-electron chi connectivity index (χ0n) is 24.0. The Kier molecular flexibility index (Phi) is 11.2. The van der Waals surface area contributed by atoms with E-state index in [1.165, 1.54) is 18.4 Å². The first-order valence-electron chi connectivity index (χ1n) is 14.6. The quantitative estimate of drug-likeness (QED) is 0.288. The van der Waals surface area contributed by atoms with Gasteiger partial charge in [-0.05, 0) is 86.6 Å². The zero-order valence-corrected chi connectivity index (χ0v) is 24.8. The van der Waals surface area contributed by atoms with Gasteiger partial charge in [-0.25, -0.2) is 0 Å². The predicted octanol–water partition coefficient (Wildman–Crippen LogP) is 5.84. The fourth-order valence-corrected chi connectivity index (χ4v) is 5.89. The number of anilines is 1. The molecule has 0 aliphatic carbocycles. The number of piperidine rings is 1. The van der Waals surface area contributed by atoms with Crippen molar-refractivity contribution in [3.8, 4) is 5.75 Å². The summed E-state index contributed by atoms with van der Waals surface area (Å²) < 4.78 is 5.96. The van der Waals surface area contributed by atoms with E-state index in [9.17, 15) is 9.59 Å². The summed E-state index contributed by atoms with van der Waals surface area (Å²) >= 11 is 0. The summed E-state index contributed by atoms with van der Waals surface area (Å²) in [6, 6.07) is 28.7. The molecule has 2 aliphatic rings. The zero-order chi connectivity index (χ0) is 27.7. The van der Waals surface area contributed by atoms with Crippen LogP contribution in [0.5, 0.6) is 5.75 Å². The summed E-state index contributed by atoms with van der Waals surface area (Å²) in [6.07, 6.45) is 4.80. The van der Waals surface area contributed by atoms with E-state index in [0.717, 1.165) is 55.4 Å². The molecule has 0 N–H and O–H groups in total. The van der Waals surface area contributed by atoms with Crippen molar-refractivity contribution in [2.75, 3.05) is 44.7 Å². The Morgan fingerprint density at radius 3 is 2.15 bits per heavy atom. The molecule has 0 saturated carbocycles. The molecule has 0 bridgehead atoms. The van der Waals surface area contributed by atoms with E-state index in [4.69, 9.17) is 4.74 Å². The van der Waals surface area contributed by atoms with Gasteiger partial charge in [0.25, 0.3) is 0 Å². The first-order valence-corrected chi connectivity index (χ1v) is 14.6. The van der Waals surface area contributed by atoms with Crippen molar-refractivity contribution in [3.05, 3.63) is 96.1 Å². The number of amides is 2. The lowest BCUT2D eigenvalue weighted by molar-refractivity contribution is -0.127. The number of nitrogens with zero attached hydrogens (tertiary/aromatic N) is 3. The summed E-state index contributed by atoms with van der Waals surface area (Å²) in [5.74, 6) is 1.31. The molecule has 7 heteroatoms. The van der Waals surface area contributed by atoms with Gasteiger partial charge in [0.15, 0.2) is 0 Å². The van der Waals surface area contributed by atoms with Gasteiger partial charge in [0.05, 0.1) is 5.92 Å². The maximum absolute atomic E-state index is 13.6. The third-order valence-corrected chi connectivity index (χ3v) is 8.28. The molecule has 2 amide bonds. The molecule has 2 fully saturated rings. The van der Waals surface area contributed by atoms with Crippen molar-refractivity contribution in [1.29, 1.82) is 0 Å². The Labute approximate surface area is 250 Å². The monoisotopic (exact) mass is 575 g/mol. The fourth-order valence-electron chi connectivity index (χ4n) is 5.89. The van der Waals surface area contributed by atoms with Crippen LogP contribution in [0.25, 0.3) is 0 Å². The minimum Gasteiger partial charge on any atom is -0.489 e. The van der Waals surface area contributed by atoms with Gasteiger partial charge in [0, 0.05) is 32.2 Å².